The normalized spacial score (nSPS) is 15.7. The number of amides is 1. The number of carbonyl (C=O) groups is 1. The zero-order valence-electron chi connectivity index (χ0n) is 16.4. The zero-order chi connectivity index (χ0) is 21.3. The van der Waals surface area contributed by atoms with Crippen LogP contribution >= 0.6 is 11.6 Å². The molecular weight excluding hydrogens is 420 g/mol. The van der Waals surface area contributed by atoms with Crippen molar-refractivity contribution in [1.29, 1.82) is 0 Å². The van der Waals surface area contributed by atoms with Gasteiger partial charge in [-0.3, -0.25) is 9.10 Å². The summed E-state index contributed by atoms with van der Waals surface area (Å²) < 4.78 is 28.0. The van der Waals surface area contributed by atoms with Crippen LogP contribution in [0.15, 0.2) is 83.8 Å². The molecule has 5 nitrogen and oxygen atoms in total. The van der Waals surface area contributed by atoms with Crippen molar-refractivity contribution in [3.05, 3.63) is 89.4 Å². The molecule has 0 aliphatic carbocycles. The van der Waals surface area contributed by atoms with Gasteiger partial charge >= 0.3 is 0 Å². The zero-order valence-corrected chi connectivity index (χ0v) is 18.0. The molecule has 1 amide bonds. The summed E-state index contributed by atoms with van der Waals surface area (Å²) >= 11 is 6.12. The SMILES string of the molecule is C[C@@H]1Cc2ccccc2N1C(=O)CN(c1cccc(Cl)c1)S(=O)(=O)c1ccccc1. The number of rotatable bonds is 5. The van der Waals surface area contributed by atoms with Crippen molar-refractivity contribution < 1.29 is 13.2 Å². The fourth-order valence-corrected chi connectivity index (χ4v) is 5.42. The average Bonchev–Trinajstić information content (AvgIpc) is 3.08. The van der Waals surface area contributed by atoms with Gasteiger partial charge in [0.1, 0.15) is 6.54 Å². The second-order valence-corrected chi connectivity index (χ2v) is 9.55. The van der Waals surface area contributed by atoms with E-state index in [-0.39, 0.29) is 23.4 Å². The van der Waals surface area contributed by atoms with E-state index in [1.165, 1.54) is 12.1 Å². The lowest BCUT2D eigenvalue weighted by molar-refractivity contribution is -0.117. The number of hydrogen-bond donors (Lipinski definition) is 0. The molecule has 0 aromatic heterocycles. The van der Waals surface area contributed by atoms with Gasteiger partial charge in [-0.15, -0.1) is 0 Å². The second kappa shape index (κ2) is 8.13. The first-order valence-corrected chi connectivity index (χ1v) is 11.4. The molecule has 7 heteroatoms. The van der Waals surface area contributed by atoms with Crippen LogP contribution in [-0.2, 0) is 21.2 Å². The third-order valence-corrected chi connectivity index (χ3v) is 7.21. The summed E-state index contributed by atoms with van der Waals surface area (Å²) in [6.07, 6.45) is 0.741. The molecule has 0 saturated heterocycles. The number of anilines is 2. The summed E-state index contributed by atoms with van der Waals surface area (Å²) in [5, 5.41) is 0.396. The van der Waals surface area contributed by atoms with Gasteiger partial charge in [-0.2, -0.15) is 0 Å². The average molecular weight is 441 g/mol. The topological polar surface area (TPSA) is 57.7 Å². The molecule has 1 atom stereocenters. The minimum absolute atomic E-state index is 0.0458. The van der Waals surface area contributed by atoms with E-state index >= 15 is 0 Å². The Bertz CT molecular complexity index is 1180. The van der Waals surface area contributed by atoms with Crippen LogP contribution in [-0.4, -0.2) is 26.9 Å². The third kappa shape index (κ3) is 3.80. The molecule has 0 saturated carbocycles. The van der Waals surface area contributed by atoms with Crippen molar-refractivity contribution in [3.63, 3.8) is 0 Å². The Kier molecular flexibility index (Phi) is 5.54. The summed E-state index contributed by atoms with van der Waals surface area (Å²) in [4.78, 5) is 15.2. The van der Waals surface area contributed by atoms with E-state index in [1.54, 1.807) is 47.4 Å². The Balaban J connectivity index is 1.73. The molecule has 4 rings (SSSR count). The van der Waals surface area contributed by atoms with Gasteiger partial charge in [-0.05, 0) is 55.3 Å². The summed E-state index contributed by atoms with van der Waals surface area (Å²) in [6, 6.07) is 22.3. The van der Waals surface area contributed by atoms with E-state index < -0.39 is 10.0 Å². The first kappa shape index (κ1) is 20.4. The lowest BCUT2D eigenvalue weighted by Crippen LogP contribution is -2.45. The fraction of sp³-hybridized carbons (Fsp3) is 0.174. The molecule has 3 aromatic rings. The summed E-state index contributed by atoms with van der Waals surface area (Å²) in [5.41, 5.74) is 2.26. The van der Waals surface area contributed by atoms with Gasteiger partial charge in [0.2, 0.25) is 5.91 Å². The number of carbonyl (C=O) groups excluding carboxylic acids is 1. The second-order valence-electron chi connectivity index (χ2n) is 7.25. The van der Waals surface area contributed by atoms with Crippen molar-refractivity contribution in [1.82, 2.24) is 0 Å². The molecule has 0 unspecified atom stereocenters. The van der Waals surface area contributed by atoms with Crippen molar-refractivity contribution in [2.75, 3.05) is 15.7 Å². The summed E-state index contributed by atoms with van der Waals surface area (Å²) in [5.74, 6) is -0.285. The molecule has 0 radical (unpaired) electrons. The predicted octanol–water partition coefficient (Wildman–Crippen LogP) is 4.51. The number of halogens is 1. The molecule has 0 N–H and O–H groups in total. The number of benzene rings is 3. The Morgan fingerprint density at radius 2 is 1.73 bits per heavy atom. The quantitative estimate of drug-likeness (QED) is 0.586. The minimum atomic E-state index is -3.96. The van der Waals surface area contributed by atoms with Crippen LogP contribution < -0.4 is 9.21 Å². The predicted molar refractivity (Wildman–Crippen MR) is 120 cm³/mol. The van der Waals surface area contributed by atoms with E-state index in [2.05, 4.69) is 0 Å². The Morgan fingerprint density at radius 3 is 2.47 bits per heavy atom. The first-order valence-electron chi connectivity index (χ1n) is 9.61. The monoisotopic (exact) mass is 440 g/mol. The van der Waals surface area contributed by atoms with E-state index in [1.807, 2.05) is 31.2 Å². The minimum Gasteiger partial charge on any atom is -0.307 e. The van der Waals surface area contributed by atoms with E-state index in [4.69, 9.17) is 11.6 Å². The van der Waals surface area contributed by atoms with Gasteiger partial charge in [0.25, 0.3) is 10.0 Å². The number of para-hydroxylation sites is 1. The maximum absolute atomic E-state index is 13.4. The Hall–Kier alpha value is -2.83. The largest absolute Gasteiger partial charge is 0.307 e. The molecule has 1 aliphatic heterocycles. The fourth-order valence-electron chi connectivity index (χ4n) is 3.81. The molecule has 3 aromatic carbocycles. The van der Waals surface area contributed by atoms with Crippen LogP contribution in [0.4, 0.5) is 11.4 Å². The van der Waals surface area contributed by atoms with Crippen LogP contribution in [0.5, 0.6) is 0 Å². The van der Waals surface area contributed by atoms with Crippen molar-refractivity contribution >= 4 is 38.9 Å². The van der Waals surface area contributed by atoms with Crippen LogP contribution in [0.1, 0.15) is 12.5 Å². The van der Waals surface area contributed by atoms with Crippen molar-refractivity contribution in [2.45, 2.75) is 24.3 Å². The number of nitrogens with zero attached hydrogens (tertiary/aromatic N) is 2. The van der Waals surface area contributed by atoms with Gasteiger partial charge in [-0.25, -0.2) is 8.42 Å². The summed E-state index contributed by atoms with van der Waals surface area (Å²) in [7, 11) is -3.96. The van der Waals surface area contributed by atoms with Gasteiger partial charge in [0.05, 0.1) is 10.6 Å². The molecule has 0 spiro atoms. The number of sulfonamides is 1. The Morgan fingerprint density at radius 1 is 1.03 bits per heavy atom. The van der Waals surface area contributed by atoms with Crippen LogP contribution in [0.2, 0.25) is 5.02 Å². The highest BCUT2D eigenvalue weighted by molar-refractivity contribution is 7.92. The van der Waals surface area contributed by atoms with Gasteiger partial charge in [-0.1, -0.05) is 54.1 Å². The van der Waals surface area contributed by atoms with E-state index in [0.717, 1.165) is 22.0 Å². The Labute approximate surface area is 181 Å². The number of hydrogen-bond acceptors (Lipinski definition) is 3. The molecule has 1 aliphatic rings. The van der Waals surface area contributed by atoms with E-state index in [9.17, 15) is 13.2 Å². The third-order valence-electron chi connectivity index (χ3n) is 5.18. The van der Waals surface area contributed by atoms with E-state index in [0.29, 0.717) is 10.7 Å². The maximum Gasteiger partial charge on any atom is 0.264 e. The highest BCUT2D eigenvalue weighted by Crippen LogP contribution is 2.33. The molecular formula is C23H21ClN2O3S. The molecule has 1 heterocycles. The van der Waals surface area contributed by atoms with Crippen LogP contribution in [0, 0.1) is 0 Å². The summed E-state index contributed by atoms with van der Waals surface area (Å²) in [6.45, 7) is 1.64. The standard InChI is InChI=1S/C23H21ClN2O3S/c1-17-14-18-8-5-6-13-22(18)26(17)23(27)16-25(20-10-7-9-19(24)15-20)30(28,29)21-11-3-2-4-12-21/h2-13,15,17H,14,16H2,1H3/t17-/m1/s1. The van der Waals surface area contributed by atoms with Crippen molar-refractivity contribution in [3.8, 4) is 0 Å². The van der Waals surface area contributed by atoms with Gasteiger partial charge in [0.15, 0.2) is 0 Å². The van der Waals surface area contributed by atoms with Gasteiger partial charge in [0, 0.05) is 16.8 Å². The lowest BCUT2D eigenvalue weighted by atomic mass is 10.1. The van der Waals surface area contributed by atoms with Crippen molar-refractivity contribution in [2.24, 2.45) is 0 Å². The van der Waals surface area contributed by atoms with Crippen LogP contribution in [0.3, 0.4) is 0 Å². The molecule has 0 bridgehead atoms. The van der Waals surface area contributed by atoms with Gasteiger partial charge < -0.3 is 4.90 Å². The molecule has 30 heavy (non-hydrogen) atoms. The van der Waals surface area contributed by atoms with Crippen LogP contribution in [0.25, 0.3) is 0 Å². The molecule has 154 valence electrons. The highest BCUT2D eigenvalue weighted by Gasteiger charge is 2.34. The maximum atomic E-state index is 13.4. The smallest absolute Gasteiger partial charge is 0.264 e. The lowest BCUT2D eigenvalue weighted by Gasteiger charge is -2.29. The first-order chi connectivity index (χ1) is 14.4. The molecule has 0 fully saturated rings. The highest BCUT2D eigenvalue weighted by atomic mass is 35.5. The number of fused-ring (bicyclic) bond motifs is 1.